The topological polar surface area (TPSA) is 35.5 Å². The van der Waals surface area contributed by atoms with Gasteiger partial charge >= 0.3 is 5.97 Å². The van der Waals surface area contributed by atoms with E-state index in [-0.39, 0.29) is 12.1 Å². The first-order chi connectivity index (χ1) is 6.76. The highest BCUT2D eigenvalue weighted by Crippen LogP contribution is 2.08. The zero-order chi connectivity index (χ0) is 10.8. The summed E-state index contributed by atoms with van der Waals surface area (Å²) in [5.41, 5.74) is 0. The van der Waals surface area contributed by atoms with E-state index in [4.69, 9.17) is 9.47 Å². The van der Waals surface area contributed by atoms with Crippen LogP contribution in [0.5, 0.6) is 0 Å². The lowest BCUT2D eigenvalue weighted by Crippen LogP contribution is -2.26. The number of carbonyl (C=O) groups excluding carboxylic acids is 1. The lowest BCUT2D eigenvalue weighted by atomic mass is 10.1. The van der Waals surface area contributed by atoms with E-state index < -0.39 is 0 Å². The Morgan fingerprint density at radius 1 is 1.14 bits per heavy atom. The third-order valence-corrected chi connectivity index (χ3v) is 1.99. The molecular formula is C11H22O3. The van der Waals surface area contributed by atoms with Crippen LogP contribution in [0.2, 0.25) is 0 Å². The second kappa shape index (κ2) is 9.00. The molecule has 0 heterocycles. The maximum Gasteiger partial charge on any atom is 0.335 e. The smallest absolute Gasteiger partial charge is 0.335 e. The first-order valence-electron chi connectivity index (χ1n) is 5.54. The molecule has 0 aliphatic rings. The fourth-order valence-corrected chi connectivity index (χ4v) is 1.29. The van der Waals surface area contributed by atoms with Crippen LogP contribution in [0, 0.1) is 0 Å². The lowest BCUT2D eigenvalue weighted by molar-refractivity contribution is -0.156. The Balaban J connectivity index is 3.81. The maximum absolute atomic E-state index is 11.4. The van der Waals surface area contributed by atoms with Crippen LogP contribution in [-0.2, 0) is 14.3 Å². The summed E-state index contributed by atoms with van der Waals surface area (Å²) < 4.78 is 10.3. The van der Waals surface area contributed by atoms with Gasteiger partial charge in [-0.1, -0.05) is 26.2 Å². The fourth-order valence-electron chi connectivity index (χ4n) is 1.29. The molecule has 1 atom stereocenters. The molecule has 0 bridgehead atoms. The number of esters is 1. The number of carbonyl (C=O) groups is 1. The number of hydrogen-bond acceptors (Lipinski definition) is 3. The van der Waals surface area contributed by atoms with Gasteiger partial charge in [0.25, 0.3) is 0 Å². The van der Waals surface area contributed by atoms with Gasteiger partial charge in [0.05, 0.1) is 6.61 Å². The number of hydrogen-bond donors (Lipinski definition) is 0. The van der Waals surface area contributed by atoms with Crippen LogP contribution in [0.4, 0.5) is 0 Å². The van der Waals surface area contributed by atoms with Crippen LogP contribution < -0.4 is 0 Å². The highest BCUT2D eigenvalue weighted by atomic mass is 16.6. The third kappa shape index (κ3) is 5.97. The molecule has 0 N–H and O–H groups in total. The van der Waals surface area contributed by atoms with Crippen molar-refractivity contribution >= 4 is 5.97 Å². The van der Waals surface area contributed by atoms with Gasteiger partial charge in [-0.25, -0.2) is 4.79 Å². The van der Waals surface area contributed by atoms with Crippen molar-refractivity contribution in [2.75, 3.05) is 13.2 Å². The molecule has 0 saturated carbocycles. The molecule has 1 unspecified atom stereocenters. The largest absolute Gasteiger partial charge is 0.464 e. The Labute approximate surface area is 86.8 Å². The van der Waals surface area contributed by atoms with Crippen LogP contribution in [0.3, 0.4) is 0 Å². The number of unbranched alkanes of at least 4 members (excludes halogenated alkanes) is 2. The molecule has 3 heteroatoms. The molecule has 84 valence electrons. The average Bonchev–Trinajstić information content (AvgIpc) is 2.17. The van der Waals surface area contributed by atoms with E-state index in [1.54, 1.807) is 0 Å². The van der Waals surface area contributed by atoms with Crippen molar-refractivity contribution in [1.29, 1.82) is 0 Å². The second-order valence-electron chi connectivity index (χ2n) is 3.19. The second-order valence-corrected chi connectivity index (χ2v) is 3.19. The van der Waals surface area contributed by atoms with Gasteiger partial charge in [0.2, 0.25) is 0 Å². The Morgan fingerprint density at radius 3 is 2.36 bits per heavy atom. The Kier molecular flexibility index (Phi) is 8.64. The summed E-state index contributed by atoms with van der Waals surface area (Å²) in [5, 5.41) is 0. The van der Waals surface area contributed by atoms with Gasteiger partial charge in [-0.15, -0.1) is 0 Å². The molecule has 0 saturated heterocycles. The van der Waals surface area contributed by atoms with Crippen LogP contribution in [-0.4, -0.2) is 25.3 Å². The van der Waals surface area contributed by atoms with Gasteiger partial charge in [0.1, 0.15) is 0 Å². The van der Waals surface area contributed by atoms with E-state index in [0.717, 1.165) is 25.7 Å². The van der Waals surface area contributed by atoms with E-state index in [9.17, 15) is 4.79 Å². The van der Waals surface area contributed by atoms with Crippen LogP contribution in [0.1, 0.15) is 46.5 Å². The van der Waals surface area contributed by atoms with Crippen molar-refractivity contribution in [3.8, 4) is 0 Å². The number of rotatable bonds is 8. The van der Waals surface area contributed by atoms with E-state index in [0.29, 0.717) is 13.2 Å². The summed E-state index contributed by atoms with van der Waals surface area (Å²) in [6, 6.07) is 0. The predicted molar refractivity (Wildman–Crippen MR) is 56.2 cm³/mol. The molecule has 3 nitrogen and oxygen atoms in total. The SMILES string of the molecule is CCCCCC(OCC)C(=O)OCC. The minimum Gasteiger partial charge on any atom is -0.464 e. The minimum absolute atomic E-state index is 0.217. The first kappa shape index (κ1) is 13.4. The molecule has 0 aromatic heterocycles. The van der Waals surface area contributed by atoms with Crippen LogP contribution in [0.25, 0.3) is 0 Å². The molecule has 0 aromatic carbocycles. The van der Waals surface area contributed by atoms with Crippen molar-refractivity contribution in [2.45, 2.75) is 52.6 Å². The quantitative estimate of drug-likeness (QED) is 0.448. The Morgan fingerprint density at radius 2 is 1.86 bits per heavy atom. The molecule has 0 spiro atoms. The van der Waals surface area contributed by atoms with Gasteiger partial charge in [-0.2, -0.15) is 0 Å². The maximum atomic E-state index is 11.4. The van der Waals surface area contributed by atoms with Gasteiger partial charge in [-0.3, -0.25) is 0 Å². The predicted octanol–water partition coefficient (Wildman–Crippen LogP) is 2.53. The fraction of sp³-hybridized carbons (Fsp3) is 0.909. The monoisotopic (exact) mass is 202 g/mol. The van der Waals surface area contributed by atoms with E-state index in [1.807, 2.05) is 13.8 Å². The van der Waals surface area contributed by atoms with E-state index in [2.05, 4.69) is 6.92 Å². The zero-order valence-electron chi connectivity index (χ0n) is 9.54. The number of ether oxygens (including phenoxy) is 2. The van der Waals surface area contributed by atoms with Crippen LogP contribution in [0.15, 0.2) is 0 Å². The molecule has 0 fully saturated rings. The van der Waals surface area contributed by atoms with Crippen LogP contribution >= 0.6 is 0 Å². The van der Waals surface area contributed by atoms with Crippen molar-refractivity contribution in [1.82, 2.24) is 0 Å². The molecule has 0 rings (SSSR count). The molecule has 0 amide bonds. The molecule has 0 aliphatic heterocycles. The summed E-state index contributed by atoms with van der Waals surface area (Å²) in [5.74, 6) is -0.217. The highest BCUT2D eigenvalue weighted by molar-refractivity contribution is 5.74. The van der Waals surface area contributed by atoms with Crippen molar-refractivity contribution in [3.63, 3.8) is 0 Å². The average molecular weight is 202 g/mol. The van der Waals surface area contributed by atoms with E-state index >= 15 is 0 Å². The summed E-state index contributed by atoms with van der Waals surface area (Å²) in [6.07, 6.45) is 3.75. The molecular weight excluding hydrogens is 180 g/mol. The Hall–Kier alpha value is -0.570. The molecule has 0 aliphatic carbocycles. The summed E-state index contributed by atoms with van der Waals surface area (Å²) in [6.45, 7) is 6.84. The first-order valence-corrected chi connectivity index (χ1v) is 5.54. The van der Waals surface area contributed by atoms with E-state index in [1.165, 1.54) is 0 Å². The van der Waals surface area contributed by atoms with Gasteiger partial charge in [0.15, 0.2) is 6.10 Å². The van der Waals surface area contributed by atoms with Gasteiger partial charge in [0, 0.05) is 6.61 Å². The minimum atomic E-state index is -0.355. The van der Waals surface area contributed by atoms with Gasteiger partial charge in [-0.05, 0) is 20.3 Å². The highest BCUT2D eigenvalue weighted by Gasteiger charge is 2.18. The lowest BCUT2D eigenvalue weighted by Gasteiger charge is -2.14. The summed E-state index contributed by atoms with van der Waals surface area (Å²) in [4.78, 5) is 11.4. The summed E-state index contributed by atoms with van der Waals surface area (Å²) >= 11 is 0. The zero-order valence-corrected chi connectivity index (χ0v) is 9.54. The standard InChI is InChI=1S/C11H22O3/c1-4-7-8-9-10(13-5-2)11(12)14-6-3/h10H,4-9H2,1-3H3. The summed E-state index contributed by atoms with van der Waals surface area (Å²) in [7, 11) is 0. The van der Waals surface area contributed by atoms with Crippen molar-refractivity contribution < 1.29 is 14.3 Å². The Bertz CT molecular complexity index is 145. The molecule has 14 heavy (non-hydrogen) atoms. The third-order valence-electron chi connectivity index (χ3n) is 1.99. The normalized spacial score (nSPS) is 12.5. The van der Waals surface area contributed by atoms with Gasteiger partial charge < -0.3 is 9.47 Å². The molecule has 0 radical (unpaired) electrons. The van der Waals surface area contributed by atoms with Crippen molar-refractivity contribution in [3.05, 3.63) is 0 Å². The molecule has 0 aromatic rings. The van der Waals surface area contributed by atoms with Crippen molar-refractivity contribution in [2.24, 2.45) is 0 Å².